The molecule has 1 aliphatic heterocycles. The minimum absolute atomic E-state index is 0.182. The average molecular weight is 694 g/mol. The van der Waals surface area contributed by atoms with Crippen molar-refractivity contribution in [2.24, 2.45) is 4.99 Å². The zero-order valence-corrected chi connectivity index (χ0v) is 28.0. The van der Waals surface area contributed by atoms with Crippen LogP contribution in [0.1, 0.15) is 43.5 Å². The van der Waals surface area contributed by atoms with E-state index in [-0.39, 0.29) is 17.7 Å². The second-order valence-electron chi connectivity index (χ2n) is 9.95. The van der Waals surface area contributed by atoms with Gasteiger partial charge in [0.25, 0.3) is 5.56 Å². The molecule has 0 saturated heterocycles. The van der Waals surface area contributed by atoms with Crippen molar-refractivity contribution in [3.05, 3.63) is 113 Å². The summed E-state index contributed by atoms with van der Waals surface area (Å²) in [7, 11) is 3.13. The summed E-state index contributed by atoms with van der Waals surface area (Å²) >= 11 is 4.85. The Morgan fingerprint density at radius 2 is 1.73 bits per heavy atom. The van der Waals surface area contributed by atoms with Gasteiger partial charge in [0.2, 0.25) is 0 Å². The van der Waals surface area contributed by atoms with Crippen LogP contribution in [0.15, 0.2) is 86.2 Å². The molecule has 3 aromatic carbocycles. The lowest BCUT2D eigenvalue weighted by Gasteiger charge is -2.25. The number of nitrogens with zero attached hydrogens (tertiary/aromatic N) is 2. The second kappa shape index (κ2) is 14.2. The van der Waals surface area contributed by atoms with Crippen LogP contribution in [0.5, 0.6) is 23.0 Å². The van der Waals surface area contributed by atoms with E-state index in [4.69, 9.17) is 23.7 Å². The Morgan fingerprint density at radius 1 is 0.978 bits per heavy atom. The predicted molar refractivity (Wildman–Crippen MR) is 176 cm³/mol. The molecular formula is C34H33BrN2O7S. The van der Waals surface area contributed by atoms with E-state index >= 15 is 0 Å². The predicted octanol–water partition coefficient (Wildman–Crippen LogP) is 5.56. The topological polar surface area (TPSA) is 97.6 Å². The van der Waals surface area contributed by atoms with Crippen LogP contribution in [0, 0.1) is 0 Å². The highest BCUT2D eigenvalue weighted by Crippen LogP contribution is 2.38. The van der Waals surface area contributed by atoms with Crippen LogP contribution in [-0.4, -0.2) is 38.0 Å². The van der Waals surface area contributed by atoms with Crippen molar-refractivity contribution in [2.45, 2.75) is 33.4 Å². The van der Waals surface area contributed by atoms with Crippen molar-refractivity contribution >= 4 is 39.3 Å². The molecule has 45 heavy (non-hydrogen) atoms. The SMILES string of the molecule is CCOC(=O)C1=C(C)N=c2s/c(=C\c3cc(Br)c(OCc4ccccc4)c(OC)c3)c(=O)n2[C@@H]1c1ccc(OC)c(OCC)c1. The van der Waals surface area contributed by atoms with Gasteiger partial charge in [-0.15, -0.1) is 0 Å². The second-order valence-corrected chi connectivity index (χ2v) is 11.8. The number of benzene rings is 3. The van der Waals surface area contributed by atoms with Gasteiger partial charge in [-0.2, -0.15) is 0 Å². The van der Waals surface area contributed by atoms with Gasteiger partial charge in [-0.3, -0.25) is 9.36 Å². The van der Waals surface area contributed by atoms with Gasteiger partial charge >= 0.3 is 5.97 Å². The highest BCUT2D eigenvalue weighted by atomic mass is 79.9. The first-order valence-electron chi connectivity index (χ1n) is 14.3. The molecular weight excluding hydrogens is 660 g/mol. The number of fused-ring (bicyclic) bond motifs is 1. The minimum atomic E-state index is -0.789. The van der Waals surface area contributed by atoms with Crippen LogP contribution in [0.3, 0.4) is 0 Å². The van der Waals surface area contributed by atoms with Gasteiger partial charge in [-0.1, -0.05) is 47.7 Å². The fraction of sp³-hybridized carbons (Fsp3) is 0.265. The summed E-state index contributed by atoms with van der Waals surface area (Å²) in [4.78, 5) is 32.5. The quantitative estimate of drug-likeness (QED) is 0.190. The zero-order chi connectivity index (χ0) is 32.1. The highest BCUT2D eigenvalue weighted by Gasteiger charge is 2.34. The van der Waals surface area contributed by atoms with Crippen LogP contribution < -0.4 is 33.8 Å². The van der Waals surface area contributed by atoms with E-state index < -0.39 is 12.0 Å². The maximum Gasteiger partial charge on any atom is 0.338 e. The van der Waals surface area contributed by atoms with Crippen LogP contribution in [0.4, 0.5) is 0 Å². The lowest BCUT2D eigenvalue weighted by Crippen LogP contribution is -2.40. The van der Waals surface area contributed by atoms with Crippen molar-refractivity contribution in [2.75, 3.05) is 27.4 Å². The van der Waals surface area contributed by atoms with Crippen molar-refractivity contribution in [1.82, 2.24) is 4.57 Å². The van der Waals surface area contributed by atoms with Crippen molar-refractivity contribution in [1.29, 1.82) is 0 Å². The monoisotopic (exact) mass is 692 g/mol. The summed E-state index contributed by atoms with van der Waals surface area (Å²) in [6.07, 6.45) is 1.78. The lowest BCUT2D eigenvalue weighted by molar-refractivity contribution is -0.139. The Labute approximate surface area is 273 Å². The molecule has 1 aromatic heterocycles. The van der Waals surface area contributed by atoms with Gasteiger partial charge in [0.15, 0.2) is 27.8 Å². The summed E-state index contributed by atoms with van der Waals surface area (Å²) in [6, 6.07) is 18.1. The molecule has 2 heterocycles. The number of ether oxygens (including phenoxy) is 5. The summed E-state index contributed by atoms with van der Waals surface area (Å²) < 4.78 is 31.1. The van der Waals surface area contributed by atoms with Gasteiger partial charge in [0.05, 0.1) is 53.8 Å². The number of carbonyl (C=O) groups excluding carboxylic acids is 1. The third-order valence-electron chi connectivity index (χ3n) is 7.10. The Morgan fingerprint density at radius 3 is 2.42 bits per heavy atom. The molecule has 1 atom stereocenters. The molecule has 11 heteroatoms. The highest BCUT2D eigenvalue weighted by molar-refractivity contribution is 9.10. The van der Waals surface area contributed by atoms with E-state index in [2.05, 4.69) is 20.9 Å². The number of hydrogen-bond donors (Lipinski definition) is 0. The third kappa shape index (κ3) is 6.69. The molecule has 0 N–H and O–H groups in total. The minimum Gasteiger partial charge on any atom is -0.493 e. The third-order valence-corrected chi connectivity index (χ3v) is 8.67. The van der Waals surface area contributed by atoms with E-state index in [1.807, 2.05) is 55.5 Å². The van der Waals surface area contributed by atoms with E-state index in [0.29, 0.717) is 61.3 Å². The first-order chi connectivity index (χ1) is 21.8. The molecule has 0 amide bonds. The average Bonchev–Trinajstić information content (AvgIpc) is 3.33. The Balaban J connectivity index is 1.61. The number of halogens is 1. The molecule has 1 aliphatic rings. The summed E-state index contributed by atoms with van der Waals surface area (Å²) in [5, 5.41) is 0. The Hall–Kier alpha value is -4.35. The van der Waals surface area contributed by atoms with Gasteiger partial charge in [0.1, 0.15) is 6.61 Å². The van der Waals surface area contributed by atoms with Crippen LogP contribution in [0.2, 0.25) is 0 Å². The Kier molecular flexibility index (Phi) is 10.1. The molecule has 0 spiro atoms. The van der Waals surface area contributed by atoms with Gasteiger partial charge in [0, 0.05) is 0 Å². The van der Waals surface area contributed by atoms with Crippen LogP contribution in [0.25, 0.3) is 6.08 Å². The van der Waals surface area contributed by atoms with E-state index in [1.165, 1.54) is 15.9 Å². The van der Waals surface area contributed by atoms with Crippen molar-refractivity contribution < 1.29 is 28.5 Å². The molecule has 0 fully saturated rings. The fourth-order valence-electron chi connectivity index (χ4n) is 5.08. The van der Waals surface area contributed by atoms with E-state index in [0.717, 1.165) is 11.1 Å². The van der Waals surface area contributed by atoms with E-state index in [9.17, 15) is 9.59 Å². The molecule has 234 valence electrons. The number of hydrogen-bond acceptors (Lipinski definition) is 9. The molecule has 0 saturated carbocycles. The summed E-state index contributed by atoms with van der Waals surface area (Å²) in [6.45, 7) is 6.33. The number of thiazole rings is 1. The standard InChI is InChI=1S/C34H33BrN2O7S/c1-6-42-26-18-23(13-14-25(26)40-4)30-29(33(39)43-7-2)20(3)36-34-37(30)32(38)28(45-34)17-22-15-24(35)31(27(16-22)41-5)44-19-21-11-9-8-10-12-21/h8-18,30H,6-7,19H2,1-5H3/b28-17-/t30-/m1/s1. The normalized spacial score (nSPS) is 14.4. The van der Waals surface area contributed by atoms with E-state index in [1.54, 1.807) is 46.3 Å². The van der Waals surface area contributed by atoms with Gasteiger partial charge < -0.3 is 23.7 Å². The molecule has 0 aliphatic carbocycles. The van der Waals surface area contributed by atoms with Crippen LogP contribution >= 0.6 is 27.3 Å². The molecule has 0 radical (unpaired) electrons. The lowest BCUT2D eigenvalue weighted by atomic mass is 9.95. The smallest absolute Gasteiger partial charge is 0.338 e. The Bertz CT molecular complexity index is 1930. The van der Waals surface area contributed by atoms with Crippen LogP contribution in [-0.2, 0) is 16.1 Å². The first kappa shape index (κ1) is 32.1. The number of allylic oxidation sites excluding steroid dienone is 1. The number of rotatable bonds is 11. The van der Waals surface area contributed by atoms with Gasteiger partial charge in [-0.05, 0) is 83.7 Å². The maximum absolute atomic E-state index is 14.1. The first-order valence-corrected chi connectivity index (χ1v) is 15.9. The summed E-state index contributed by atoms with van der Waals surface area (Å²) in [5.74, 6) is 1.58. The zero-order valence-electron chi connectivity index (χ0n) is 25.6. The van der Waals surface area contributed by atoms with Crippen molar-refractivity contribution in [3.8, 4) is 23.0 Å². The van der Waals surface area contributed by atoms with Crippen molar-refractivity contribution in [3.63, 3.8) is 0 Å². The fourth-order valence-corrected chi connectivity index (χ4v) is 6.70. The molecule has 5 rings (SSSR count). The molecule has 9 nitrogen and oxygen atoms in total. The summed E-state index contributed by atoms with van der Waals surface area (Å²) in [5.41, 5.74) is 2.86. The van der Waals surface area contributed by atoms with Gasteiger partial charge in [-0.25, -0.2) is 9.79 Å². The number of esters is 1. The number of aromatic nitrogens is 1. The number of carbonyl (C=O) groups is 1. The number of methoxy groups -OCH3 is 2. The maximum atomic E-state index is 14.1. The molecule has 4 aromatic rings. The molecule has 0 unspecified atom stereocenters. The largest absolute Gasteiger partial charge is 0.493 e. The molecule has 0 bridgehead atoms.